The van der Waals surface area contributed by atoms with Gasteiger partial charge in [0, 0.05) is 0 Å². The molecule has 1 spiro atoms. The van der Waals surface area contributed by atoms with Crippen molar-refractivity contribution in [1.82, 2.24) is 0 Å². The molecule has 0 radical (unpaired) electrons. The fourth-order valence-electron chi connectivity index (χ4n) is 2.50. The van der Waals surface area contributed by atoms with Crippen LogP contribution < -0.4 is 0 Å². The highest BCUT2D eigenvalue weighted by Crippen LogP contribution is 2.76. The quantitative estimate of drug-likeness (QED) is 0.359. The van der Waals surface area contributed by atoms with Crippen LogP contribution in [-0.4, -0.2) is 67.4 Å². The lowest BCUT2D eigenvalue weighted by atomic mass is 9.96. The summed E-state index contributed by atoms with van der Waals surface area (Å²) in [5.74, 6) is -9.64. The van der Waals surface area contributed by atoms with Crippen molar-refractivity contribution in [3.63, 3.8) is 0 Å². The average Bonchev–Trinajstić information content (AvgIpc) is 2.80. The third-order valence-corrected chi connectivity index (χ3v) is 5.38. The maximum atomic E-state index is 12.1. The highest BCUT2D eigenvalue weighted by Gasteiger charge is 2.82. The van der Waals surface area contributed by atoms with Crippen LogP contribution in [0.5, 0.6) is 0 Å². The highest BCUT2D eigenvalue weighted by atomic mass is 31.2. The topological polar surface area (TPSA) is 220 Å². The number of aliphatic carboxylic acids is 4. The van der Waals surface area contributed by atoms with E-state index in [0.717, 1.165) is 0 Å². The second-order valence-electron chi connectivity index (χ2n) is 5.66. The number of hydrogen-bond donors (Lipinski definition) is 4. The van der Waals surface area contributed by atoms with Crippen molar-refractivity contribution in [1.29, 1.82) is 0 Å². The van der Waals surface area contributed by atoms with Crippen molar-refractivity contribution >= 4 is 44.0 Å². The second-order valence-corrected chi connectivity index (χ2v) is 7.28. The number of carboxylic acids is 4. The van der Waals surface area contributed by atoms with E-state index in [0.29, 0.717) is 0 Å². The largest absolute Gasteiger partial charge is 0.677 e. The molecule has 0 aromatic carbocycles. The fraction of sp³-hybridized carbons (Fsp3) is 0.500. The van der Waals surface area contributed by atoms with E-state index >= 15 is 0 Å². The molecule has 148 valence electrons. The molecule has 15 heteroatoms. The number of hydrogen-bond acceptors (Lipinski definition) is 10. The number of rotatable bonds is 8. The normalized spacial score (nSPS) is 21.5. The maximum Gasteiger partial charge on any atom is 0.677 e. The first-order valence-electron chi connectivity index (χ1n) is 6.99. The van der Waals surface area contributed by atoms with Crippen molar-refractivity contribution in [3.8, 4) is 0 Å². The van der Waals surface area contributed by atoms with Crippen LogP contribution in [0.3, 0.4) is 0 Å². The minimum absolute atomic E-state index is 1.19. The number of carboxylic acid groups (broad SMARTS) is 4. The average molecular weight is 411 g/mol. The van der Waals surface area contributed by atoms with Crippen LogP contribution in [0.4, 0.5) is 0 Å². The van der Waals surface area contributed by atoms with Crippen LogP contribution in [0.2, 0.25) is 0 Å². The summed E-state index contributed by atoms with van der Waals surface area (Å²) >= 11 is 0. The van der Waals surface area contributed by atoms with Gasteiger partial charge >= 0.3 is 44.0 Å². The van der Waals surface area contributed by atoms with Gasteiger partial charge in [-0.3, -0.25) is 19.2 Å². The van der Waals surface area contributed by atoms with Gasteiger partial charge in [-0.25, -0.2) is 18.6 Å². The smallest absolute Gasteiger partial charge is 0.481 e. The molecular formula is C12H12O14P+. The molecule has 0 bridgehead atoms. The molecule has 2 aliphatic heterocycles. The molecule has 0 aromatic rings. The summed E-state index contributed by atoms with van der Waals surface area (Å²) in [5, 5.41) is 35.7. The molecule has 27 heavy (non-hydrogen) atoms. The molecule has 0 amide bonds. The van der Waals surface area contributed by atoms with Gasteiger partial charge in [-0.1, -0.05) is 0 Å². The Morgan fingerprint density at radius 3 is 1.15 bits per heavy atom. The molecule has 0 unspecified atom stereocenters. The molecule has 2 aliphatic rings. The lowest BCUT2D eigenvalue weighted by Gasteiger charge is -2.17. The van der Waals surface area contributed by atoms with Crippen LogP contribution in [0.25, 0.3) is 0 Å². The van der Waals surface area contributed by atoms with Gasteiger partial charge in [0.2, 0.25) is 11.2 Å². The number of carbonyl (C=O) groups excluding carboxylic acids is 2. The maximum absolute atomic E-state index is 12.1. The summed E-state index contributed by atoms with van der Waals surface area (Å²) in [6.07, 6.45) is -4.76. The molecule has 2 fully saturated rings. The van der Waals surface area contributed by atoms with Crippen LogP contribution in [0, 0.1) is 0 Å². The Labute approximate surface area is 149 Å². The molecule has 0 aromatic heterocycles. The zero-order valence-corrected chi connectivity index (χ0v) is 14.0. The minimum atomic E-state index is -4.53. The molecule has 0 saturated carbocycles. The molecule has 0 aliphatic carbocycles. The van der Waals surface area contributed by atoms with Gasteiger partial charge in [-0.2, -0.15) is 0 Å². The second kappa shape index (κ2) is 6.72. The molecule has 2 saturated heterocycles. The van der Waals surface area contributed by atoms with Gasteiger partial charge in [0.25, 0.3) is 0 Å². The Kier molecular flexibility index (Phi) is 5.10. The number of carbonyl (C=O) groups is 6. The van der Waals surface area contributed by atoms with E-state index in [1.807, 2.05) is 0 Å². The third kappa shape index (κ3) is 3.97. The molecule has 0 atom stereocenters. The summed E-state index contributed by atoms with van der Waals surface area (Å²) in [7, 11) is -4.53. The van der Waals surface area contributed by atoms with E-state index in [-0.39, 0.29) is 0 Å². The standard InChI is InChI=1S/C12H11O14P/c13-5(14)1-11(2-6(15)16)9(21)23-27(25-11)24-10(22)12(26-27,3-7(17)18)4-8(19)20/h1-4H2,(H3-,13,14,15,16,17,18,19,20)/p+1. The van der Waals surface area contributed by atoms with Crippen molar-refractivity contribution in [2.75, 3.05) is 0 Å². The predicted octanol–water partition coefficient (Wildman–Crippen LogP) is -0.813. The first kappa shape index (κ1) is 20.5. The van der Waals surface area contributed by atoms with Crippen LogP contribution in [0.1, 0.15) is 25.7 Å². The lowest BCUT2D eigenvalue weighted by Crippen LogP contribution is -2.41. The molecule has 2 rings (SSSR count). The summed E-state index contributed by atoms with van der Waals surface area (Å²) in [4.78, 5) is 68.3. The Hall–Kier alpha value is -2.83. The van der Waals surface area contributed by atoms with Gasteiger partial charge in [0.1, 0.15) is 0 Å². The monoisotopic (exact) mass is 411 g/mol. The zero-order chi connectivity index (χ0) is 20.6. The van der Waals surface area contributed by atoms with Gasteiger partial charge in [-0.15, -0.1) is 9.05 Å². The van der Waals surface area contributed by atoms with Crippen molar-refractivity contribution in [3.05, 3.63) is 0 Å². The first-order valence-corrected chi connectivity index (χ1v) is 8.45. The van der Waals surface area contributed by atoms with Crippen LogP contribution in [-0.2, 0) is 46.9 Å². The van der Waals surface area contributed by atoms with Crippen molar-refractivity contribution in [2.24, 2.45) is 0 Å². The summed E-state index contributed by atoms with van der Waals surface area (Å²) < 4.78 is 19.5. The molecule has 2 heterocycles. The van der Waals surface area contributed by atoms with Crippen molar-refractivity contribution < 1.29 is 67.3 Å². The summed E-state index contributed by atoms with van der Waals surface area (Å²) in [6, 6.07) is 0. The Morgan fingerprint density at radius 1 is 0.667 bits per heavy atom. The van der Waals surface area contributed by atoms with Gasteiger partial charge in [0.05, 0.1) is 25.7 Å². The summed E-state index contributed by atoms with van der Waals surface area (Å²) in [6.45, 7) is 0. The molecule has 14 nitrogen and oxygen atoms in total. The Balaban J connectivity index is 2.41. The van der Waals surface area contributed by atoms with Crippen LogP contribution in [0.15, 0.2) is 0 Å². The first-order chi connectivity index (χ1) is 12.3. The SMILES string of the molecule is O=C(O)CC1(CC(=O)O)O[P+]2(OC1=O)OC(=O)C(CC(=O)O)(CC(=O)O)O2. The highest BCUT2D eigenvalue weighted by molar-refractivity contribution is 7.58. The minimum Gasteiger partial charge on any atom is -0.481 e. The van der Waals surface area contributed by atoms with Gasteiger partial charge < -0.3 is 20.4 Å². The Morgan fingerprint density at radius 2 is 0.926 bits per heavy atom. The van der Waals surface area contributed by atoms with E-state index < -0.39 is 80.9 Å². The predicted molar refractivity (Wildman–Crippen MR) is 75.7 cm³/mol. The summed E-state index contributed by atoms with van der Waals surface area (Å²) in [5.41, 5.74) is -5.21. The third-order valence-electron chi connectivity index (χ3n) is 3.45. The Bertz CT molecular complexity index is 646. The van der Waals surface area contributed by atoms with E-state index in [4.69, 9.17) is 29.5 Å². The lowest BCUT2D eigenvalue weighted by molar-refractivity contribution is -0.157. The van der Waals surface area contributed by atoms with Gasteiger partial charge in [-0.05, 0) is 0 Å². The van der Waals surface area contributed by atoms with Crippen LogP contribution >= 0.6 is 8.17 Å². The van der Waals surface area contributed by atoms with Gasteiger partial charge in [0.15, 0.2) is 0 Å². The van der Waals surface area contributed by atoms with E-state index in [1.54, 1.807) is 0 Å². The van der Waals surface area contributed by atoms with Crippen molar-refractivity contribution in [2.45, 2.75) is 36.9 Å². The molecule has 4 N–H and O–H groups in total. The van der Waals surface area contributed by atoms with E-state index in [9.17, 15) is 28.8 Å². The fourth-order valence-corrected chi connectivity index (χ4v) is 4.73. The molecular weight excluding hydrogens is 399 g/mol. The van der Waals surface area contributed by atoms with E-state index in [1.165, 1.54) is 0 Å². The van der Waals surface area contributed by atoms with E-state index in [2.05, 4.69) is 9.05 Å². The zero-order valence-electron chi connectivity index (χ0n) is 13.1.